The van der Waals surface area contributed by atoms with Gasteiger partial charge in [-0.25, -0.2) is 4.79 Å². The van der Waals surface area contributed by atoms with E-state index >= 15 is 0 Å². The summed E-state index contributed by atoms with van der Waals surface area (Å²) < 4.78 is 3.14. The van der Waals surface area contributed by atoms with Crippen LogP contribution in [0, 0.1) is 3.57 Å². The third kappa shape index (κ3) is 3.67. The maximum Gasteiger partial charge on any atom is 0.323 e. The van der Waals surface area contributed by atoms with Crippen LogP contribution < -0.4 is 10.6 Å². The normalized spacial score (nSPS) is 10.2. The molecule has 3 rings (SSSR count). The summed E-state index contributed by atoms with van der Waals surface area (Å²) in [6, 6.07) is 19.0. The van der Waals surface area contributed by atoms with Crippen molar-refractivity contribution < 1.29 is 4.79 Å². The van der Waals surface area contributed by atoms with Gasteiger partial charge in [0.2, 0.25) is 0 Å². The molecule has 2 amide bonds. The van der Waals surface area contributed by atoms with Gasteiger partial charge in [-0.05, 0) is 83.3 Å². The van der Waals surface area contributed by atoms with Gasteiger partial charge in [0.25, 0.3) is 0 Å². The van der Waals surface area contributed by atoms with Gasteiger partial charge in [0.1, 0.15) is 0 Å². The first-order valence-electron chi connectivity index (χ1n) is 6.78. The molecule has 110 valence electrons. The number of hydrogen-bond donors (Lipinski definition) is 2. The number of halogens is 1. The van der Waals surface area contributed by atoms with E-state index in [9.17, 15) is 4.79 Å². The number of amides is 2. The van der Waals surface area contributed by atoms with Crippen molar-refractivity contribution in [3.63, 3.8) is 0 Å². The number of nitrogens with zero attached hydrogens (tertiary/aromatic N) is 1. The van der Waals surface area contributed by atoms with Crippen molar-refractivity contribution in [2.24, 2.45) is 0 Å². The molecule has 22 heavy (non-hydrogen) atoms. The van der Waals surface area contributed by atoms with E-state index in [1.54, 1.807) is 0 Å². The largest absolute Gasteiger partial charge is 0.324 e. The second kappa shape index (κ2) is 6.65. The maximum absolute atomic E-state index is 12.0. The van der Waals surface area contributed by atoms with Crippen molar-refractivity contribution in [3.8, 4) is 5.69 Å². The Bertz CT molecular complexity index is 750. The van der Waals surface area contributed by atoms with E-state index in [-0.39, 0.29) is 6.03 Å². The van der Waals surface area contributed by atoms with Crippen molar-refractivity contribution in [2.75, 3.05) is 10.6 Å². The number of rotatable bonds is 3. The van der Waals surface area contributed by atoms with Crippen LogP contribution in [0.3, 0.4) is 0 Å². The number of carbonyl (C=O) groups excluding carboxylic acids is 1. The van der Waals surface area contributed by atoms with E-state index in [0.29, 0.717) is 0 Å². The van der Waals surface area contributed by atoms with E-state index in [0.717, 1.165) is 20.6 Å². The number of urea groups is 1. The molecular weight excluding hydrogens is 389 g/mol. The van der Waals surface area contributed by atoms with Crippen LogP contribution in [0.2, 0.25) is 0 Å². The fourth-order valence-electron chi connectivity index (χ4n) is 2.05. The molecule has 0 spiro atoms. The Morgan fingerprint density at radius 1 is 0.818 bits per heavy atom. The maximum atomic E-state index is 12.0. The minimum Gasteiger partial charge on any atom is -0.324 e. The zero-order chi connectivity index (χ0) is 15.4. The highest BCUT2D eigenvalue weighted by Gasteiger charge is 2.03. The molecule has 0 atom stereocenters. The van der Waals surface area contributed by atoms with Gasteiger partial charge in [-0.2, -0.15) is 0 Å². The van der Waals surface area contributed by atoms with E-state index in [1.165, 1.54) is 0 Å². The minimum absolute atomic E-state index is 0.255. The minimum atomic E-state index is -0.255. The van der Waals surface area contributed by atoms with Gasteiger partial charge < -0.3 is 15.2 Å². The van der Waals surface area contributed by atoms with Gasteiger partial charge in [0.15, 0.2) is 0 Å². The highest BCUT2D eigenvalue weighted by molar-refractivity contribution is 14.1. The Morgan fingerprint density at radius 3 is 1.86 bits per heavy atom. The Balaban J connectivity index is 1.63. The van der Waals surface area contributed by atoms with Crippen LogP contribution in [0.25, 0.3) is 5.69 Å². The molecule has 0 saturated carbocycles. The van der Waals surface area contributed by atoms with E-state index in [4.69, 9.17) is 0 Å². The predicted molar refractivity (Wildman–Crippen MR) is 97.6 cm³/mol. The second-order valence-corrected chi connectivity index (χ2v) is 5.97. The molecule has 2 N–H and O–H groups in total. The highest BCUT2D eigenvalue weighted by Crippen LogP contribution is 2.15. The molecule has 5 heteroatoms. The van der Waals surface area contributed by atoms with E-state index in [1.807, 2.05) is 77.6 Å². The first-order valence-corrected chi connectivity index (χ1v) is 7.85. The van der Waals surface area contributed by atoms with Crippen LogP contribution in [0.5, 0.6) is 0 Å². The molecule has 0 fully saturated rings. The summed E-state index contributed by atoms with van der Waals surface area (Å²) in [5, 5.41) is 5.62. The number of aromatic nitrogens is 1. The lowest BCUT2D eigenvalue weighted by Crippen LogP contribution is -2.19. The Labute approximate surface area is 142 Å². The molecule has 0 bridgehead atoms. The van der Waals surface area contributed by atoms with E-state index < -0.39 is 0 Å². The van der Waals surface area contributed by atoms with Gasteiger partial charge in [0, 0.05) is 33.0 Å². The lowest BCUT2D eigenvalue weighted by Gasteiger charge is -2.09. The van der Waals surface area contributed by atoms with Crippen molar-refractivity contribution >= 4 is 40.0 Å². The molecule has 0 aliphatic heterocycles. The quantitative estimate of drug-likeness (QED) is 0.611. The van der Waals surface area contributed by atoms with Gasteiger partial charge in [-0.1, -0.05) is 0 Å². The van der Waals surface area contributed by atoms with Gasteiger partial charge >= 0.3 is 6.03 Å². The number of anilines is 2. The van der Waals surface area contributed by atoms with Crippen LogP contribution >= 0.6 is 22.6 Å². The second-order valence-electron chi connectivity index (χ2n) is 4.72. The topological polar surface area (TPSA) is 46.1 Å². The Hall–Kier alpha value is -2.28. The van der Waals surface area contributed by atoms with Crippen LogP contribution in [-0.2, 0) is 0 Å². The molecule has 0 radical (unpaired) electrons. The molecule has 0 aliphatic carbocycles. The summed E-state index contributed by atoms with van der Waals surface area (Å²) in [6.07, 6.45) is 3.96. The monoisotopic (exact) mass is 403 g/mol. The third-order valence-corrected chi connectivity index (χ3v) is 3.85. The number of carbonyl (C=O) groups is 1. The molecule has 0 unspecified atom stereocenters. The summed E-state index contributed by atoms with van der Waals surface area (Å²) in [6.45, 7) is 0. The Kier molecular flexibility index (Phi) is 4.43. The summed E-state index contributed by atoms with van der Waals surface area (Å²) in [7, 11) is 0. The van der Waals surface area contributed by atoms with Gasteiger partial charge in [-0.15, -0.1) is 0 Å². The first-order chi connectivity index (χ1) is 10.7. The highest BCUT2D eigenvalue weighted by atomic mass is 127. The smallest absolute Gasteiger partial charge is 0.323 e. The molecule has 3 aromatic rings. The van der Waals surface area contributed by atoms with Gasteiger partial charge in [0.05, 0.1) is 0 Å². The SMILES string of the molecule is O=C(Nc1ccc(I)cc1)Nc1ccc(-n2cccc2)cc1. The predicted octanol–water partition coefficient (Wildman–Crippen LogP) is 4.73. The Morgan fingerprint density at radius 2 is 1.32 bits per heavy atom. The number of nitrogens with one attached hydrogen (secondary N) is 2. The molecule has 2 aromatic carbocycles. The average molecular weight is 403 g/mol. The standard InChI is InChI=1S/C17H14IN3O/c18-13-3-5-14(6-4-13)19-17(22)20-15-7-9-16(10-8-15)21-11-1-2-12-21/h1-12H,(H2,19,20,22). The van der Waals surface area contributed by atoms with Crippen LogP contribution in [-0.4, -0.2) is 10.6 Å². The molecule has 0 saturated heterocycles. The van der Waals surface area contributed by atoms with Crippen molar-refractivity contribution in [2.45, 2.75) is 0 Å². The van der Waals surface area contributed by atoms with Gasteiger partial charge in [-0.3, -0.25) is 0 Å². The molecule has 0 aliphatic rings. The number of hydrogen-bond acceptors (Lipinski definition) is 1. The van der Waals surface area contributed by atoms with E-state index in [2.05, 4.69) is 33.2 Å². The van der Waals surface area contributed by atoms with Crippen molar-refractivity contribution in [3.05, 3.63) is 76.6 Å². The van der Waals surface area contributed by atoms with Crippen LogP contribution in [0.1, 0.15) is 0 Å². The zero-order valence-electron chi connectivity index (χ0n) is 11.7. The molecular formula is C17H14IN3O. The molecule has 4 nitrogen and oxygen atoms in total. The molecule has 1 heterocycles. The summed E-state index contributed by atoms with van der Waals surface area (Å²) >= 11 is 2.23. The summed E-state index contributed by atoms with van der Waals surface area (Å²) in [5.41, 5.74) is 2.56. The fourth-order valence-corrected chi connectivity index (χ4v) is 2.41. The summed E-state index contributed by atoms with van der Waals surface area (Å²) in [4.78, 5) is 12.0. The lowest BCUT2D eigenvalue weighted by atomic mass is 10.3. The summed E-state index contributed by atoms with van der Waals surface area (Å²) in [5.74, 6) is 0. The van der Waals surface area contributed by atoms with Crippen LogP contribution in [0.15, 0.2) is 73.1 Å². The van der Waals surface area contributed by atoms with Crippen molar-refractivity contribution in [1.29, 1.82) is 0 Å². The third-order valence-electron chi connectivity index (χ3n) is 3.13. The van der Waals surface area contributed by atoms with Crippen LogP contribution in [0.4, 0.5) is 16.2 Å². The zero-order valence-corrected chi connectivity index (χ0v) is 13.8. The number of benzene rings is 2. The average Bonchev–Trinajstić information content (AvgIpc) is 3.05. The van der Waals surface area contributed by atoms with Crippen molar-refractivity contribution in [1.82, 2.24) is 4.57 Å². The first kappa shape index (κ1) is 14.6. The molecule has 1 aromatic heterocycles. The lowest BCUT2D eigenvalue weighted by molar-refractivity contribution is 0.262. The fraction of sp³-hybridized carbons (Fsp3) is 0.